The largest absolute Gasteiger partial charge is 0.370 e. The van der Waals surface area contributed by atoms with Crippen LogP contribution in [0.15, 0.2) is 42.6 Å². The molecule has 0 saturated carbocycles. The summed E-state index contributed by atoms with van der Waals surface area (Å²) in [6.45, 7) is 8.67. The fraction of sp³-hybridized carbons (Fsp3) is 0.385. The fourth-order valence-electron chi connectivity index (χ4n) is 5.20. The minimum Gasteiger partial charge on any atom is -0.370 e. The van der Waals surface area contributed by atoms with Crippen LogP contribution in [-0.4, -0.2) is 28.2 Å². The topological polar surface area (TPSA) is 47.2 Å². The Morgan fingerprint density at radius 1 is 1.12 bits per heavy atom. The van der Waals surface area contributed by atoms with Crippen molar-refractivity contribution in [2.75, 3.05) is 22.9 Å². The zero-order chi connectivity index (χ0) is 24.0. The summed E-state index contributed by atoms with van der Waals surface area (Å²) < 4.78 is 1.22. The van der Waals surface area contributed by atoms with Crippen molar-refractivity contribution in [2.45, 2.75) is 45.7 Å². The van der Waals surface area contributed by atoms with Gasteiger partial charge in [-0.05, 0) is 97.7 Å². The molecule has 0 bridgehead atoms. The van der Waals surface area contributed by atoms with Gasteiger partial charge in [0.05, 0.1) is 28.5 Å². The summed E-state index contributed by atoms with van der Waals surface area (Å²) in [5.74, 6) is 0.780. The Morgan fingerprint density at radius 3 is 2.50 bits per heavy atom. The Morgan fingerprint density at radius 2 is 1.88 bits per heavy atom. The maximum absolute atomic E-state index is 6.89. The second-order valence-corrected chi connectivity index (χ2v) is 11.3. The van der Waals surface area contributed by atoms with E-state index in [4.69, 9.17) is 23.8 Å². The van der Waals surface area contributed by atoms with Crippen LogP contribution in [0.25, 0.3) is 0 Å². The summed E-state index contributed by atoms with van der Waals surface area (Å²) >= 11 is 15.2. The number of hydrogen-bond donors (Lipinski definition) is 2. The Kier molecular flexibility index (Phi) is 6.79. The number of aryl methyl sites for hydroxylation is 2. The maximum atomic E-state index is 6.89. The zero-order valence-electron chi connectivity index (χ0n) is 19.6. The normalized spacial score (nSPS) is 21.3. The van der Waals surface area contributed by atoms with Gasteiger partial charge in [0.1, 0.15) is 0 Å². The predicted molar refractivity (Wildman–Crippen MR) is 153 cm³/mol. The van der Waals surface area contributed by atoms with Gasteiger partial charge in [-0.15, -0.1) is 0 Å². The molecule has 0 aliphatic carbocycles. The first-order chi connectivity index (χ1) is 16.3. The first-order valence-corrected chi connectivity index (χ1v) is 13.6. The van der Waals surface area contributed by atoms with Crippen LogP contribution in [0.3, 0.4) is 0 Å². The molecule has 2 fully saturated rings. The van der Waals surface area contributed by atoms with Crippen LogP contribution < -0.4 is 15.1 Å². The average Bonchev–Trinajstić information content (AvgIpc) is 3.29. The molecule has 0 radical (unpaired) electrons. The van der Waals surface area contributed by atoms with Crippen molar-refractivity contribution in [2.24, 2.45) is 5.92 Å². The van der Waals surface area contributed by atoms with Gasteiger partial charge in [0.2, 0.25) is 0 Å². The Labute approximate surface area is 225 Å². The predicted octanol–water partition coefficient (Wildman–Crippen LogP) is 6.70. The van der Waals surface area contributed by atoms with Crippen molar-refractivity contribution in [1.82, 2.24) is 15.3 Å². The smallest absolute Gasteiger partial charge is 0.174 e. The lowest BCUT2D eigenvalue weighted by Crippen LogP contribution is -2.33. The monoisotopic (exact) mass is 605 g/mol. The lowest BCUT2D eigenvalue weighted by molar-refractivity contribution is 0.438. The molecule has 0 spiro atoms. The summed E-state index contributed by atoms with van der Waals surface area (Å²) in [6.07, 6.45) is 4.25. The van der Waals surface area contributed by atoms with Crippen molar-refractivity contribution >= 4 is 62.9 Å². The quantitative estimate of drug-likeness (QED) is 0.256. The number of pyridine rings is 1. The van der Waals surface area contributed by atoms with Crippen molar-refractivity contribution in [3.63, 3.8) is 0 Å². The number of nitrogens with one attached hydrogen (secondary N) is 2. The summed E-state index contributed by atoms with van der Waals surface area (Å²) in [5, 5.41) is 5.01. The maximum Gasteiger partial charge on any atom is 0.174 e. The highest BCUT2D eigenvalue weighted by Crippen LogP contribution is 2.45. The lowest BCUT2D eigenvalue weighted by Gasteiger charge is -2.33. The van der Waals surface area contributed by atoms with E-state index in [0.717, 1.165) is 46.8 Å². The zero-order valence-corrected chi connectivity index (χ0v) is 23.3. The summed E-state index contributed by atoms with van der Waals surface area (Å²) in [7, 11) is 0. The Hall–Kier alpha value is -1.84. The number of aromatic nitrogens is 2. The molecule has 2 aromatic heterocycles. The molecule has 2 aliphatic heterocycles. The number of anilines is 2. The molecule has 8 heteroatoms. The van der Waals surface area contributed by atoms with E-state index in [0.29, 0.717) is 5.11 Å². The van der Waals surface area contributed by atoms with Crippen molar-refractivity contribution in [1.29, 1.82) is 0 Å². The Bertz CT molecular complexity index is 1210. The van der Waals surface area contributed by atoms with Gasteiger partial charge in [0.15, 0.2) is 5.11 Å². The van der Waals surface area contributed by atoms with Crippen LogP contribution in [0, 0.1) is 23.3 Å². The number of benzene rings is 1. The minimum atomic E-state index is -0.0712. The number of halogens is 2. The van der Waals surface area contributed by atoms with Crippen LogP contribution in [0.4, 0.5) is 11.4 Å². The highest BCUT2D eigenvalue weighted by molar-refractivity contribution is 14.1. The second-order valence-electron chi connectivity index (χ2n) is 9.40. The van der Waals surface area contributed by atoms with Gasteiger partial charge in [-0.3, -0.25) is 4.98 Å². The van der Waals surface area contributed by atoms with Gasteiger partial charge in [0.25, 0.3) is 0 Å². The molecule has 1 aromatic carbocycles. The molecular formula is C26H29ClIN5S. The number of thiocarbonyl (C=S) groups is 1. The standard InChI is InChI=1S/C26H29ClIN5S/c1-15-9-12-32(13-10-15)21-8-7-18(14-19(21)27)33-25(22-16(2)30-17(3)23(22)28)24(31-26(33)34)20-6-4-5-11-29-20/h4-8,11,14-15,24-25,30H,9-10,12-13H2,1-3H3,(H,31,34). The number of rotatable bonds is 4. The summed E-state index contributed by atoms with van der Waals surface area (Å²) in [4.78, 5) is 12.8. The molecule has 2 N–H and O–H groups in total. The van der Waals surface area contributed by atoms with Gasteiger partial charge in [0, 0.05) is 45.5 Å². The van der Waals surface area contributed by atoms with Crippen LogP contribution >= 0.6 is 46.4 Å². The van der Waals surface area contributed by atoms with E-state index in [1.54, 1.807) is 0 Å². The molecule has 178 valence electrons. The van der Waals surface area contributed by atoms with E-state index < -0.39 is 0 Å². The van der Waals surface area contributed by atoms with Crippen molar-refractivity contribution < 1.29 is 0 Å². The van der Waals surface area contributed by atoms with Crippen molar-refractivity contribution in [3.8, 4) is 0 Å². The summed E-state index contributed by atoms with van der Waals surface area (Å²) in [5.41, 5.74) is 6.63. The molecule has 5 rings (SSSR count). The third kappa shape index (κ3) is 4.31. The molecule has 2 atom stereocenters. The first-order valence-electron chi connectivity index (χ1n) is 11.7. The number of H-pyrrole nitrogens is 1. The molecular weight excluding hydrogens is 577 g/mol. The van der Waals surface area contributed by atoms with Gasteiger partial charge in [-0.25, -0.2) is 0 Å². The van der Waals surface area contributed by atoms with Crippen LogP contribution in [0.2, 0.25) is 5.02 Å². The van der Waals surface area contributed by atoms with Crippen molar-refractivity contribution in [3.05, 3.63) is 73.8 Å². The molecule has 2 unspecified atom stereocenters. The van der Waals surface area contributed by atoms with Gasteiger partial charge in [-0.1, -0.05) is 24.6 Å². The lowest BCUT2D eigenvalue weighted by atomic mass is 9.96. The van der Waals surface area contributed by atoms with Crippen LogP contribution in [0.1, 0.15) is 54.5 Å². The van der Waals surface area contributed by atoms with E-state index in [2.05, 4.69) is 92.7 Å². The Balaban J connectivity index is 1.56. The first kappa shape index (κ1) is 23.9. The molecule has 5 nitrogen and oxygen atoms in total. The number of nitrogens with zero attached hydrogens (tertiary/aromatic N) is 3. The fourth-order valence-corrected chi connectivity index (χ4v) is 6.70. The number of piperidine rings is 1. The van der Waals surface area contributed by atoms with Crippen LogP contribution in [0.5, 0.6) is 0 Å². The minimum absolute atomic E-state index is 0.0444. The molecule has 3 aromatic rings. The number of aromatic amines is 1. The molecule has 2 saturated heterocycles. The summed E-state index contributed by atoms with van der Waals surface area (Å²) in [6, 6.07) is 12.3. The van der Waals surface area contributed by atoms with Gasteiger partial charge >= 0.3 is 0 Å². The third-order valence-electron chi connectivity index (χ3n) is 7.07. The highest BCUT2D eigenvalue weighted by Gasteiger charge is 2.43. The van der Waals surface area contributed by atoms with E-state index in [9.17, 15) is 0 Å². The molecule has 2 aliphatic rings. The SMILES string of the molecule is Cc1[nH]c(C)c(C2C(c3ccccn3)NC(=S)N2c2ccc(N3CCC(C)CC3)c(Cl)c2)c1I. The van der Waals surface area contributed by atoms with Gasteiger partial charge < -0.3 is 20.1 Å². The second kappa shape index (κ2) is 9.66. The van der Waals surface area contributed by atoms with E-state index >= 15 is 0 Å². The molecule has 4 heterocycles. The molecule has 0 amide bonds. The number of hydrogen-bond acceptors (Lipinski definition) is 3. The van der Waals surface area contributed by atoms with Crippen LogP contribution in [-0.2, 0) is 0 Å². The highest BCUT2D eigenvalue weighted by atomic mass is 127. The van der Waals surface area contributed by atoms with E-state index in [1.807, 2.05) is 18.3 Å². The van der Waals surface area contributed by atoms with Gasteiger partial charge in [-0.2, -0.15) is 0 Å². The average molecular weight is 606 g/mol. The van der Waals surface area contributed by atoms with E-state index in [1.165, 1.54) is 27.7 Å². The molecule has 34 heavy (non-hydrogen) atoms. The van der Waals surface area contributed by atoms with E-state index in [-0.39, 0.29) is 12.1 Å². The third-order valence-corrected chi connectivity index (χ3v) is 9.08.